The van der Waals surface area contributed by atoms with E-state index in [2.05, 4.69) is 20.0 Å². The summed E-state index contributed by atoms with van der Waals surface area (Å²) in [7, 11) is 0. The van der Waals surface area contributed by atoms with E-state index < -0.39 is 11.8 Å². The molecule has 2 aromatic carbocycles. The topological polar surface area (TPSA) is 90.4 Å². The van der Waals surface area contributed by atoms with Crippen molar-refractivity contribution in [1.82, 2.24) is 15.3 Å². The molecule has 1 amide bonds. The zero-order valence-electron chi connectivity index (χ0n) is 17.8. The fourth-order valence-electron chi connectivity index (χ4n) is 3.38. The van der Waals surface area contributed by atoms with Gasteiger partial charge >= 0.3 is 6.36 Å². The third-order valence-corrected chi connectivity index (χ3v) is 5.39. The molecule has 1 aliphatic rings. The van der Waals surface area contributed by atoms with E-state index in [1.54, 1.807) is 24.3 Å². The summed E-state index contributed by atoms with van der Waals surface area (Å²) in [5, 5.41) is 2.88. The molecule has 0 unspecified atom stereocenters. The number of aromatic nitrogens is 2. The quantitative estimate of drug-likeness (QED) is 0.450. The molecule has 1 N–H and O–H groups in total. The Morgan fingerprint density at radius 2 is 1.47 bits per heavy atom. The molecule has 0 saturated heterocycles. The van der Waals surface area contributed by atoms with Gasteiger partial charge in [0, 0.05) is 25.4 Å². The van der Waals surface area contributed by atoms with Crippen molar-refractivity contribution in [1.29, 1.82) is 0 Å². The summed E-state index contributed by atoms with van der Waals surface area (Å²) in [4.78, 5) is 32.8. The van der Waals surface area contributed by atoms with E-state index >= 15 is 0 Å². The number of carbonyl (C=O) groups is 2. The first-order valence-electron chi connectivity index (χ1n) is 10.4. The van der Waals surface area contributed by atoms with Crippen LogP contribution in [0.4, 0.5) is 13.2 Å². The maximum absolute atomic E-state index is 12.7. The van der Waals surface area contributed by atoms with Gasteiger partial charge in [-0.05, 0) is 54.8 Å². The predicted molar refractivity (Wildman–Crippen MR) is 114 cm³/mol. The molecular weight excluding hydrogens is 451 g/mol. The van der Waals surface area contributed by atoms with Gasteiger partial charge in [-0.25, -0.2) is 9.97 Å². The van der Waals surface area contributed by atoms with E-state index in [-0.39, 0.29) is 30.4 Å². The van der Waals surface area contributed by atoms with Crippen LogP contribution in [0, 0.1) is 5.41 Å². The maximum atomic E-state index is 12.7. The number of nitrogens with zero attached hydrogens (tertiary/aromatic N) is 2. The zero-order valence-corrected chi connectivity index (χ0v) is 17.8. The third-order valence-electron chi connectivity index (χ3n) is 5.39. The molecule has 3 aromatic rings. The van der Waals surface area contributed by atoms with E-state index in [0.29, 0.717) is 29.9 Å². The second kappa shape index (κ2) is 9.50. The standard InChI is InChI=1S/C24H20F3N3O4/c25-24(26,27)34-20-7-5-19(6-8-20)33-18-3-1-16(2-4-18)12-30-22(32)23(9-10-23)11-21(31)17-13-28-15-29-14-17/h1-8,13-15H,9-12H2,(H,30,32). The van der Waals surface area contributed by atoms with Gasteiger partial charge in [0.05, 0.1) is 11.0 Å². The van der Waals surface area contributed by atoms with Gasteiger partial charge in [0.2, 0.25) is 5.91 Å². The molecule has 1 saturated carbocycles. The minimum absolute atomic E-state index is 0.117. The number of halogens is 3. The number of ether oxygens (including phenoxy) is 2. The molecule has 0 radical (unpaired) electrons. The van der Waals surface area contributed by atoms with Gasteiger partial charge in [0.1, 0.15) is 23.6 Å². The van der Waals surface area contributed by atoms with E-state index in [9.17, 15) is 22.8 Å². The summed E-state index contributed by atoms with van der Waals surface area (Å²) in [6.45, 7) is 0.285. The molecule has 0 atom stereocenters. The summed E-state index contributed by atoms with van der Waals surface area (Å²) in [6.07, 6.45) is 0.895. The first kappa shape index (κ1) is 23.2. The number of nitrogens with one attached hydrogen (secondary N) is 1. The number of amides is 1. The van der Waals surface area contributed by atoms with Crippen molar-refractivity contribution in [2.24, 2.45) is 5.41 Å². The van der Waals surface area contributed by atoms with Crippen molar-refractivity contribution >= 4 is 11.7 Å². The Hall–Kier alpha value is -3.95. The minimum Gasteiger partial charge on any atom is -0.457 e. The molecule has 1 heterocycles. The smallest absolute Gasteiger partial charge is 0.457 e. The molecular formula is C24H20F3N3O4. The molecule has 0 spiro atoms. The van der Waals surface area contributed by atoms with Crippen LogP contribution in [-0.2, 0) is 11.3 Å². The van der Waals surface area contributed by atoms with Crippen LogP contribution < -0.4 is 14.8 Å². The van der Waals surface area contributed by atoms with Crippen molar-refractivity contribution in [3.05, 3.63) is 78.4 Å². The lowest BCUT2D eigenvalue weighted by Gasteiger charge is -2.15. The van der Waals surface area contributed by atoms with Gasteiger partial charge in [-0.3, -0.25) is 9.59 Å². The van der Waals surface area contributed by atoms with Gasteiger partial charge in [-0.15, -0.1) is 13.2 Å². The van der Waals surface area contributed by atoms with E-state index in [4.69, 9.17) is 4.74 Å². The van der Waals surface area contributed by atoms with Crippen LogP contribution in [0.5, 0.6) is 17.2 Å². The molecule has 1 aromatic heterocycles. The van der Waals surface area contributed by atoms with Crippen LogP contribution in [0.1, 0.15) is 35.2 Å². The third kappa shape index (κ3) is 6.09. The monoisotopic (exact) mass is 471 g/mol. The fraction of sp³-hybridized carbons (Fsp3) is 0.250. The van der Waals surface area contributed by atoms with Crippen LogP contribution in [0.3, 0.4) is 0 Å². The largest absolute Gasteiger partial charge is 0.573 e. The Bertz CT molecular complexity index is 1150. The maximum Gasteiger partial charge on any atom is 0.573 e. The molecule has 10 heteroatoms. The fourth-order valence-corrected chi connectivity index (χ4v) is 3.38. The van der Waals surface area contributed by atoms with Crippen LogP contribution in [-0.4, -0.2) is 28.0 Å². The number of rotatable bonds is 9. The molecule has 1 fully saturated rings. The van der Waals surface area contributed by atoms with Gasteiger partial charge in [0.15, 0.2) is 5.78 Å². The minimum atomic E-state index is -4.75. The van der Waals surface area contributed by atoms with Crippen molar-refractivity contribution < 1.29 is 32.2 Å². The second-order valence-electron chi connectivity index (χ2n) is 7.96. The lowest BCUT2D eigenvalue weighted by Crippen LogP contribution is -2.33. The van der Waals surface area contributed by atoms with Gasteiger partial charge in [-0.1, -0.05) is 12.1 Å². The highest BCUT2D eigenvalue weighted by Gasteiger charge is 2.51. The summed E-state index contributed by atoms with van der Waals surface area (Å²) >= 11 is 0. The van der Waals surface area contributed by atoms with Crippen LogP contribution >= 0.6 is 0 Å². The van der Waals surface area contributed by atoms with Crippen molar-refractivity contribution in [3.8, 4) is 17.2 Å². The van der Waals surface area contributed by atoms with E-state index in [1.807, 2.05) is 0 Å². The first-order chi connectivity index (χ1) is 16.2. The molecule has 0 aliphatic heterocycles. The summed E-state index contributed by atoms with van der Waals surface area (Å²) in [5.41, 5.74) is 0.533. The van der Waals surface area contributed by atoms with Crippen LogP contribution in [0.2, 0.25) is 0 Å². The average molecular weight is 471 g/mol. The number of hydrogen-bond acceptors (Lipinski definition) is 6. The summed E-state index contributed by atoms with van der Waals surface area (Å²) < 4.78 is 46.2. The second-order valence-corrected chi connectivity index (χ2v) is 7.96. The Morgan fingerprint density at radius 1 is 0.912 bits per heavy atom. The number of hydrogen-bond donors (Lipinski definition) is 1. The Morgan fingerprint density at radius 3 is 2.03 bits per heavy atom. The van der Waals surface area contributed by atoms with Crippen LogP contribution in [0.25, 0.3) is 0 Å². The number of alkyl halides is 3. The molecule has 4 rings (SSSR count). The first-order valence-corrected chi connectivity index (χ1v) is 10.4. The van der Waals surface area contributed by atoms with Gasteiger partial charge < -0.3 is 14.8 Å². The number of Topliss-reactive ketones (excluding diaryl/α,β-unsaturated/α-hetero) is 1. The highest BCUT2D eigenvalue weighted by molar-refractivity contribution is 6.00. The van der Waals surface area contributed by atoms with Crippen LogP contribution in [0.15, 0.2) is 67.3 Å². The Kier molecular flexibility index (Phi) is 6.49. The number of benzene rings is 2. The Balaban J connectivity index is 1.27. The molecule has 34 heavy (non-hydrogen) atoms. The molecule has 0 bridgehead atoms. The lowest BCUT2D eigenvalue weighted by atomic mass is 9.95. The van der Waals surface area contributed by atoms with Crippen molar-refractivity contribution in [3.63, 3.8) is 0 Å². The van der Waals surface area contributed by atoms with Crippen molar-refractivity contribution in [2.75, 3.05) is 0 Å². The summed E-state index contributed by atoms with van der Waals surface area (Å²) in [5.74, 6) is 0.166. The van der Waals surface area contributed by atoms with Crippen molar-refractivity contribution in [2.45, 2.75) is 32.2 Å². The van der Waals surface area contributed by atoms with E-state index in [0.717, 1.165) is 17.7 Å². The van der Waals surface area contributed by atoms with Gasteiger partial charge in [-0.2, -0.15) is 0 Å². The van der Waals surface area contributed by atoms with E-state index in [1.165, 1.54) is 30.9 Å². The number of ketones is 1. The number of carbonyl (C=O) groups excluding carboxylic acids is 2. The highest BCUT2D eigenvalue weighted by Crippen LogP contribution is 2.49. The molecule has 7 nitrogen and oxygen atoms in total. The van der Waals surface area contributed by atoms with Gasteiger partial charge in [0.25, 0.3) is 0 Å². The average Bonchev–Trinajstić information content (AvgIpc) is 3.60. The highest BCUT2D eigenvalue weighted by atomic mass is 19.4. The summed E-state index contributed by atoms with van der Waals surface area (Å²) in [6, 6.07) is 12.0. The normalized spacial score (nSPS) is 14.2. The molecule has 1 aliphatic carbocycles. The zero-order chi connectivity index (χ0) is 24.2. The Labute approximate surface area is 192 Å². The predicted octanol–water partition coefficient (Wildman–Crippen LogP) is 4.84. The SMILES string of the molecule is O=C(CC1(C(=O)NCc2ccc(Oc3ccc(OC(F)(F)F)cc3)cc2)CC1)c1cncnc1. The molecule has 176 valence electrons. The lowest BCUT2D eigenvalue weighted by molar-refractivity contribution is -0.274.